The van der Waals surface area contributed by atoms with Crippen LogP contribution >= 0.6 is 39.1 Å². The van der Waals surface area contributed by atoms with E-state index < -0.39 is 11.2 Å². The van der Waals surface area contributed by atoms with E-state index in [1.807, 2.05) is 25.1 Å². The van der Waals surface area contributed by atoms with Gasteiger partial charge in [-0.3, -0.25) is 0 Å². The Balaban J connectivity index is 2.32. The van der Waals surface area contributed by atoms with E-state index in [0.29, 0.717) is 6.61 Å². The highest BCUT2D eigenvalue weighted by Crippen LogP contribution is 2.36. The molecule has 0 aromatic heterocycles. The zero-order valence-corrected chi connectivity index (χ0v) is 13.8. The quantitative estimate of drug-likeness (QED) is 0.596. The molecule has 0 aliphatic heterocycles. The molecule has 0 radical (unpaired) electrons. The molecular weight excluding hydrogens is 366 g/mol. The minimum Gasteiger partial charge on any atom is -0.494 e. The van der Waals surface area contributed by atoms with Gasteiger partial charge in [0.1, 0.15) is 11.6 Å². The predicted octanol–water partition coefficient (Wildman–Crippen LogP) is 5.97. The van der Waals surface area contributed by atoms with Crippen molar-refractivity contribution in [2.75, 3.05) is 6.61 Å². The molecule has 1 atom stereocenters. The number of benzene rings is 2. The summed E-state index contributed by atoms with van der Waals surface area (Å²) in [5.41, 5.74) is 1.61. The molecule has 0 amide bonds. The van der Waals surface area contributed by atoms with Crippen LogP contribution in [0.15, 0.2) is 40.9 Å². The molecule has 0 aliphatic carbocycles. The maximum atomic E-state index is 13.2. The molecule has 0 fully saturated rings. The lowest BCUT2D eigenvalue weighted by atomic mass is 10.0. The van der Waals surface area contributed by atoms with Crippen LogP contribution in [0.1, 0.15) is 23.4 Å². The zero-order valence-electron chi connectivity index (χ0n) is 10.7. The normalized spacial score (nSPS) is 12.2. The van der Waals surface area contributed by atoms with E-state index in [9.17, 15) is 4.39 Å². The van der Waals surface area contributed by atoms with Crippen LogP contribution in [0.4, 0.5) is 4.39 Å². The third kappa shape index (κ3) is 3.46. The lowest BCUT2D eigenvalue weighted by Gasteiger charge is -2.14. The van der Waals surface area contributed by atoms with E-state index in [0.717, 1.165) is 21.3 Å². The van der Waals surface area contributed by atoms with Gasteiger partial charge in [0.05, 0.1) is 17.0 Å². The van der Waals surface area contributed by atoms with Gasteiger partial charge < -0.3 is 4.74 Å². The second-order valence-electron chi connectivity index (χ2n) is 4.15. The van der Waals surface area contributed by atoms with E-state index in [2.05, 4.69) is 15.9 Å². The van der Waals surface area contributed by atoms with Crippen LogP contribution in [-0.4, -0.2) is 6.61 Å². The van der Waals surface area contributed by atoms with Crippen LogP contribution in [0.5, 0.6) is 5.75 Å². The number of hydrogen-bond donors (Lipinski definition) is 0. The Morgan fingerprint density at radius 2 is 2.00 bits per heavy atom. The molecule has 0 aliphatic rings. The van der Waals surface area contributed by atoms with Crippen molar-refractivity contribution >= 4 is 39.1 Å². The summed E-state index contributed by atoms with van der Waals surface area (Å²) >= 11 is 15.7. The van der Waals surface area contributed by atoms with Gasteiger partial charge in [0.25, 0.3) is 0 Å². The molecule has 0 bridgehead atoms. The summed E-state index contributed by atoms with van der Waals surface area (Å²) in [6.07, 6.45) is 0. The number of ether oxygens (including phenoxy) is 1. The first-order valence-corrected chi connectivity index (χ1v) is 7.65. The molecule has 20 heavy (non-hydrogen) atoms. The van der Waals surface area contributed by atoms with Gasteiger partial charge >= 0.3 is 0 Å². The maximum Gasteiger partial charge on any atom is 0.141 e. The van der Waals surface area contributed by atoms with E-state index in [1.165, 1.54) is 12.1 Å². The number of halogens is 4. The molecule has 2 aromatic carbocycles. The Labute approximate surface area is 135 Å². The van der Waals surface area contributed by atoms with Crippen molar-refractivity contribution in [1.29, 1.82) is 0 Å². The van der Waals surface area contributed by atoms with Gasteiger partial charge in [-0.1, -0.05) is 39.7 Å². The molecule has 2 aromatic rings. The third-order valence-corrected chi connectivity index (χ3v) is 4.26. The third-order valence-electron chi connectivity index (χ3n) is 2.79. The highest BCUT2D eigenvalue weighted by Gasteiger charge is 2.16. The summed E-state index contributed by atoms with van der Waals surface area (Å²) in [4.78, 5) is 0. The van der Waals surface area contributed by atoms with Gasteiger partial charge in [-0.15, -0.1) is 11.6 Å². The minimum absolute atomic E-state index is 0.0650. The second kappa shape index (κ2) is 6.79. The summed E-state index contributed by atoms with van der Waals surface area (Å²) < 4.78 is 19.4. The molecule has 2 rings (SSSR count). The standard InChI is InChI=1S/C15H12BrCl2FO/c1-2-20-10-4-5-11(12(16)8-10)15(18)9-3-6-14(19)13(17)7-9/h3-8,15H,2H2,1H3. The smallest absolute Gasteiger partial charge is 0.141 e. The SMILES string of the molecule is CCOc1ccc(C(Cl)c2ccc(F)c(Cl)c2)c(Br)c1. The van der Waals surface area contributed by atoms with Crippen molar-refractivity contribution in [1.82, 2.24) is 0 Å². The first-order chi connectivity index (χ1) is 9.52. The molecule has 5 heteroatoms. The lowest BCUT2D eigenvalue weighted by Crippen LogP contribution is -1.97. The average Bonchev–Trinajstić information content (AvgIpc) is 2.42. The van der Waals surface area contributed by atoms with E-state index in [1.54, 1.807) is 6.07 Å². The molecule has 1 nitrogen and oxygen atoms in total. The molecule has 0 saturated heterocycles. The zero-order chi connectivity index (χ0) is 14.7. The Hall–Kier alpha value is -0.770. The van der Waals surface area contributed by atoms with Gasteiger partial charge in [-0.2, -0.15) is 0 Å². The fourth-order valence-corrected chi connectivity index (χ4v) is 3.05. The van der Waals surface area contributed by atoms with Gasteiger partial charge in [-0.25, -0.2) is 4.39 Å². The number of alkyl halides is 1. The summed E-state index contributed by atoms with van der Waals surface area (Å²) in [5, 5.41) is -0.353. The van der Waals surface area contributed by atoms with Crippen molar-refractivity contribution in [3.8, 4) is 5.75 Å². The predicted molar refractivity (Wildman–Crippen MR) is 84.4 cm³/mol. The van der Waals surface area contributed by atoms with E-state index in [4.69, 9.17) is 27.9 Å². The highest BCUT2D eigenvalue weighted by atomic mass is 79.9. The Morgan fingerprint density at radius 1 is 1.25 bits per heavy atom. The fraction of sp³-hybridized carbons (Fsp3) is 0.200. The summed E-state index contributed by atoms with van der Waals surface area (Å²) in [6.45, 7) is 2.52. The summed E-state index contributed by atoms with van der Waals surface area (Å²) in [7, 11) is 0. The Kier molecular flexibility index (Phi) is 5.30. The molecule has 0 saturated carbocycles. The first-order valence-electron chi connectivity index (χ1n) is 6.04. The Morgan fingerprint density at radius 3 is 2.60 bits per heavy atom. The van der Waals surface area contributed by atoms with Crippen LogP contribution < -0.4 is 4.74 Å². The van der Waals surface area contributed by atoms with Crippen molar-refractivity contribution in [3.05, 3.63) is 62.8 Å². The van der Waals surface area contributed by atoms with Crippen LogP contribution in [0.3, 0.4) is 0 Å². The average molecular weight is 378 g/mol. The molecular formula is C15H12BrCl2FO. The van der Waals surface area contributed by atoms with Crippen molar-refractivity contribution < 1.29 is 9.13 Å². The topological polar surface area (TPSA) is 9.23 Å². The Bertz CT molecular complexity index is 619. The lowest BCUT2D eigenvalue weighted by molar-refractivity contribution is 0.340. The molecule has 0 N–H and O–H groups in total. The molecule has 1 unspecified atom stereocenters. The first kappa shape index (κ1) is 15.6. The van der Waals surface area contributed by atoms with E-state index >= 15 is 0 Å². The van der Waals surface area contributed by atoms with Crippen LogP contribution in [-0.2, 0) is 0 Å². The largest absolute Gasteiger partial charge is 0.494 e. The maximum absolute atomic E-state index is 13.2. The number of rotatable bonds is 4. The van der Waals surface area contributed by atoms with Gasteiger partial charge in [-0.05, 0) is 42.3 Å². The van der Waals surface area contributed by atoms with Crippen molar-refractivity contribution in [2.24, 2.45) is 0 Å². The van der Waals surface area contributed by atoms with Gasteiger partial charge in [0.15, 0.2) is 0 Å². The second-order valence-corrected chi connectivity index (χ2v) is 5.85. The van der Waals surface area contributed by atoms with Crippen molar-refractivity contribution in [3.63, 3.8) is 0 Å². The summed E-state index contributed by atoms with van der Waals surface area (Å²) in [5.74, 6) is 0.314. The van der Waals surface area contributed by atoms with Crippen molar-refractivity contribution in [2.45, 2.75) is 12.3 Å². The van der Waals surface area contributed by atoms with Crippen LogP contribution in [0.25, 0.3) is 0 Å². The van der Waals surface area contributed by atoms with Crippen LogP contribution in [0, 0.1) is 5.82 Å². The minimum atomic E-state index is -0.454. The van der Waals surface area contributed by atoms with Gasteiger partial charge in [0.2, 0.25) is 0 Å². The molecule has 106 valence electrons. The highest BCUT2D eigenvalue weighted by molar-refractivity contribution is 9.10. The van der Waals surface area contributed by atoms with Gasteiger partial charge in [0, 0.05) is 4.47 Å². The number of hydrogen-bond acceptors (Lipinski definition) is 1. The van der Waals surface area contributed by atoms with Crippen LogP contribution in [0.2, 0.25) is 5.02 Å². The molecule has 0 spiro atoms. The van der Waals surface area contributed by atoms with E-state index in [-0.39, 0.29) is 5.02 Å². The monoisotopic (exact) mass is 376 g/mol. The fourth-order valence-electron chi connectivity index (χ4n) is 1.82. The summed E-state index contributed by atoms with van der Waals surface area (Å²) in [6, 6.07) is 10.1. The molecule has 0 heterocycles.